The highest BCUT2D eigenvalue weighted by Gasteiger charge is 2.17. The van der Waals surface area contributed by atoms with E-state index in [1.165, 1.54) is 12.1 Å². The van der Waals surface area contributed by atoms with Crippen LogP contribution in [0.25, 0.3) is 0 Å². The Bertz CT molecular complexity index is 871. The molecular weight excluding hydrogens is 377 g/mol. The molecule has 0 saturated carbocycles. The van der Waals surface area contributed by atoms with E-state index in [-0.39, 0.29) is 24.5 Å². The molecule has 2 aromatic carbocycles. The number of urea groups is 1. The average molecular weight is 401 g/mol. The SMILES string of the molecule is CCNC(=O)Cc1ccc(NC(=O)NCCc2cc(F)cc3c2OCOC3)cc1. The van der Waals surface area contributed by atoms with E-state index in [9.17, 15) is 14.0 Å². The number of hydrogen-bond acceptors (Lipinski definition) is 4. The van der Waals surface area contributed by atoms with E-state index >= 15 is 0 Å². The molecule has 0 unspecified atom stereocenters. The van der Waals surface area contributed by atoms with Gasteiger partial charge >= 0.3 is 6.03 Å². The molecule has 3 amide bonds. The molecule has 7 nitrogen and oxygen atoms in total. The Morgan fingerprint density at radius 2 is 1.93 bits per heavy atom. The first-order chi connectivity index (χ1) is 14.0. The van der Waals surface area contributed by atoms with Crippen molar-refractivity contribution in [3.05, 3.63) is 58.9 Å². The van der Waals surface area contributed by atoms with Crippen LogP contribution in [0, 0.1) is 5.82 Å². The van der Waals surface area contributed by atoms with Crippen molar-refractivity contribution in [3.63, 3.8) is 0 Å². The molecule has 1 aliphatic rings. The van der Waals surface area contributed by atoms with Gasteiger partial charge in [0.25, 0.3) is 0 Å². The lowest BCUT2D eigenvalue weighted by Gasteiger charge is -2.21. The van der Waals surface area contributed by atoms with E-state index in [0.717, 1.165) is 5.56 Å². The lowest BCUT2D eigenvalue weighted by molar-refractivity contribution is -0.120. The Balaban J connectivity index is 1.48. The summed E-state index contributed by atoms with van der Waals surface area (Å²) in [7, 11) is 0. The predicted octanol–water partition coefficient (Wildman–Crippen LogP) is 2.74. The van der Waals surface area contributed by atoms with E-state index < -0.39 is 0 Å². The monoisotopic (exact) mass is 401 g/mol. The maximum Gasteiger partial charge on any atom is 0.319 e. The number of rotatable bonds is 7. The predicted molar refractivity (Wildman–Crippen MR) is 106 cm³/mol. The molecule has 0 atom stereocenters. The molecule has 1 heterocycles. The van der Waals surface area contributed by atoms with Crippen LogP contribution >= 0.6 is 0 Å². The highest BCUT2D eigenvalue weighted by Crippen LogP contribution is 2.29. The van der Waals surface area contributed by atoms with Crippen molar-refractivity contribution in [3.8, 4) is 5.75 Å². The summed E-state index contributed by atoms with van der Waals surface area (Å²) in [6.45, 7) is 3.23. The molecular formula is C21H24FN3O4. The number of benzene rings is 2. The Morgan fingerprint density at radius 1 is 1.14 bits per heavy atom. The third kappa shape index (κ3) is 5.92. The van der Waals surface area contributed by atoms with Gasteiger partial charge in [0.1, 0.15) is 11.6 Å². The van der Waals surface area contributed by atoms with Crippen LogP contribution in [0.1, 0.15) is 23.6 Å². The van der Waals surface area contributed by atoms with Gasteiger partial charge in [0.2, 0.25) is 5.91 Å². The van der Waals surface area contributed by atoms with Crippen LogP contribution in [0.15, 0.2) is 36.4 Å². The molecule has 29 heavy (non-hydrogen) atoms. The van der Waals surface area contributed by atoms with Gasteiger partial charge in [0, 0.05) is 24.3 Å². The van der Waals surface area contributed by atoms with E-state index in [4.69, 9.17) is 9.47 Å². The minimum absolute atomic E-state index is 0.0407. The molecule has 3 rings (SSSR count). The van der Waals surface area contributed by atoms with E-state index in [2.05, 4.69) is 16.0 Å². The van der Waals surface area contributed by atoms with Crippen molar-refractivity contribution in [1.82, 2.24) is 10.6 Å². The topological polar surface area (TPSA) is 88.7 Å². The van der Waals surface area contributed by atoms with Crippen LogP contribution < -0.4 is 20.7 Å². The Morgan fingerprint density at radius 3 is 2.69 bits per heavy atom. The minimum atomic E-state index is -0.365. The van der Waals surface area contributed by atoms with Gasteiger partial charge in [-0.25, -0.2) is 9.18 Å². The summed E-state index contributed by atoms with van der Waals surface area (Å²) < 4.78 is 24.4. The van der Waals surface area contributed by atoms with E-state index in [1.54, 1.807) is 24.3 Å². The second-order valence-electron chi connectivity index (χ2n) is 6.62. The average Bonchev–Trinajstić information content (AvgIpc) is 2.69. The summed E-state index contributed by atoms with van der Waals surface area (Å²) in [4.78, 5) is 23.7. The van der Waals surface area contributed by atoms with Crippen molar-refractivity contribution in [1.29, 1.82) is 0 Å². The van der Waals surface area contributed by atoms with Crippen molar-refractivity contribution in [2.24, 2.45) is 0 Å². The highest BCUT2D eigenvalue weighted by molar-refractivity contribution is 5.89. The zero-order valence-electron chi connectivity index (χ0n) is 16.2. The zero-order chi connectivity index (χ0) is 20.6. The third-order valence-electron chi connectivity index (χ3n) is 4.38. The van der Waals surface area contributed by atoms with Gasteiger partial charge in [-0.3, -0.25) is 4.79 Å². The van der Waals surface area contributed by atoms with Crippen LogP contribution in [-0.4, -0.2) is 31.8 Å². The number of hydrogen-bond donors (Lipinski definition) is 3. The first-order valence-corrected chi connectivity index (χ1v) is 9.47. The molecule has 0 aromatic heterocycles. The summed E-state index contributed by atoms with van der Waals surface area (Å²) in [6, 6.07) is 9.52. The van der Waals surface area contributed by atoms with Gasteiger partial charge in [0.15, 0.2) is 6.79 Å². The molecule has 0 fully saturated rings. The number of halogens is 1. The highest BCUT2D eigenvalue weighted by atomic mass is 19.1. The first-order valence-electron chi connectivity index (χ1n) is 9.47. The number of nitrogens with one attached hydrogen (secondary N) is 3. The first kappa shape index (κ1) is 20.6. The zero-order valence-corrected chi connectivity index (χ0v) is 16.2. The van der Waals surface area contributed by atoms with Crippen LogP contribution in [0.3, 0.4) is 0 Å². The smallest absolute Gasteiger partial charge is 0.319 e. The van der Waals surface area contributed by atoms with Gasteiger partial charge in [-0.15, -0.1) is 0 Å². The molecule has 0 bridgehead atoms. The van der Waals surface area contributed by atoms with Gasteiger partial charge in [0.05, 0.1) is 13.0 Å². The summed E-state index contributed by atoms with van der Waals surface area (Å²) >= 11 is 0. The van der Waals surface area contributed by atoms with Crippen LogP contribution in [-0.2, 0) is 29.0 Å². The molecule has 0 radical (unpaired) electrons. The van der Waals surface area contributed by atoms with Crippen LogP contribution in [0.5, 0.6) is 5.75 Å². The molecule has 8 heteroatoms. The maximum absolute atomic E-state index is 13.7. The Kier molecular flexibility index (Phi) is 7.02. The lowest BCUT2D eigenvalue weighted by atomic mass is 10.1. The van der Waals surface area contributed by atoms with Crippen molar-refractivity contribution >= 4 is 17.6 Å². The van der Waals surface area contributed by atoms with Crippen molar-refractivity contribution in [2.75, 3.05) is 25.2 Å². The van der Waals surface area contributed by atoms with Gasteiger partial charge in [-0.2, -0.15) is 0 Å². The Hall–Kier alpha value is -3.13. The van der Waals surface area contributed by atoms with Gasteiger partial charge in [-0.05, 0) is 48.7 Å². The van der Waals surface area contributed by atoms with E-state index in [1.807, 2.05) is 6.92 Å². The van der Waals surface area contributed by atoms with Gasteiger partial charge in [-0.1, -0.05) is 12.1 Å². The maximum atomic E-state index is 13.7. The number of fused-ring (bicyclic) bond motifs is 1. The summed E-state index contributed by atoms with van der Waals surface area (Å²) in [6.07, 6.45) is 0.727. The molecule has 0 saturated heterocycles. The van der Waals surface area contributed by atoms with E-state index in [0.29, 0.717) is 55.1 Å². The standard InChI is InChI=1S/C21H24FN3O4/c1-2-23-19(26)9-14-3-5-18(6-4-14)25-21(27)24-8-7-15-10-17(22)11-16-12-28-13-29-20(15)16/h3-6,10-11H,2,7-9,12-13H2,1H3,(H,23,26)(H2,24,25,27). The second kappa shape index (κ2) is 9.88. The summed E-state index contributed by atoms with van der Waals surface area (Å²) in [5, 5.41) is 8.22. The number of carbonyl (C=O) groups is 2. The second-order valence-corrected chi connectivity index (χ2v) is 6.62. The molecule has 3 N–H and O–H groups in total. The quantitative estimate of drug-likeness (QED) is 0.666. The lowest BCUT2D eigenvalue weighted by Crippen LogP contribution is -2.30. The normalized spacial score (nSPS) is 12.5. The van der Waals surface area contributed by atoms with Crippen molar-refractivity contribution in [2.45, 2.75) is 26.4 Å². The molecule has 154 valence electrons. The third-order valence-corrected chi connectivity index (χ3v) is 4.38. The number of ether oxygens (including phenoxy) is 2. The molecule has 0 spiro atoms. The minimum Gasteiger partial charge on any atom is -0.467 e. The largest absolute Gasteiger partial charge is 0.467 e. The number of amides is 3. The van der Waals surface area contributed by atoms with Gasteiger partial charge < -0.3 is 25.4 Å². The summed E-state index contributed by atoms with van der Waals surface area (Å²) in [5.41, 5.74) is 2.84. The number of likely N-dealkylation sites (N-methyl/N-ethyl adjacent to an activating group) is 1. The molecule has 2 aromatic rings. The molecule has 1 aliphatic heterocycles. The number of anilines is 1. The van der Waals surface area contributed by atoms with Crippen LogP contribution in [0.4, 0.5) is 14.9 Å². The summed E-state index contributed by atoms with van der Waals surface area (Å²) in [5.74, 6) is 0.230. The Labute approximate surface area is 168 Å². The fraction of sp³-hybridized carbons (Fsp3) is 0.333. The van der Waals surface area contributed by atoms with Crippen molar-refractivity contribution < 1.29 is 23.5 Å². The number of carbonyl (C=O) groups excluding carboxylic acids is 2. The van der Waals surface area contributed by atoms with Crippen LogP contribution in [0.2, 0.25) is 0 Å². The fourth-order valence-electron chi connectivity index (χ4n) is 3.08. The fourth-order valence-corrected chi connectivity index (χ4v) is 3.08. The molecule has 0 aliphatic carbocycles.